The first-order valence-electron chi connectivity index (χ1n) is 3.83. The van der Waals surface area contributed by atoms with E-state index in [1.165, 1.54) is 5.56 Å². The van der Waals surface area contributed by atoms with Crippen LogP contribution in [0, 0.1) is 18.3 Å². The van der Waals surface area contributed by atoms with Gasteiger partial charge in [-0.2, -0.15) is 5.26 Å². The van der Waals surface area contributed by atoms with Gasteiger partial charge in [-0.15, -0.1) is 0 Å². The van der Waals surface area contributed by atoms with Crippen LogP contribution in [-0.4, -0.2) is 5.33 Å². The van der Waals surface area contributed by atoms with Gasteiger partial charge in [-0.1, -0.05) is 22.0 Å². The molecule has 2 heteroatoms. The van der Waals surface area contributed by atoms with Gasteiger partial charge in [0.05, 0.1) is 11.6 Å². The number of halogens is 1. The summed E-state index contributed by atoms with van der Waals surface area (Å²) in [5.41, 5.74) is 3.14. The molecule has 0 heterocycles. The summed E-state index contributed by atoms with van der Waals surface area (Å²) in [6.45, 7) is 2.01. The van der Waals surface area contributed by atoms with Crippen LogP contribution in [0.25, 0.3) is 0 Å². The van der Waals surface area contributed by atoms with Crippen LogP contribution in [0.5, 0.6) is 0 Å². The number of hydrogen-bond donors (Lipinski definition) is 0. The molecule has 0 atom stereocenters. The van der Waals surface area contributed by atoms with E-state index < -0.39 is 0 Å². The molecule has 1 rings (SSSR count). The van der Waals surface area contributed by atoms with Crippen molar-refractivity contribution < 1.29 is 0 Å². The van der Waals surface area contributed by atoms with Crippen molar-refractivity contribution in [2.45, 2.75) is 13.3 Å². The summed E-state index contributed by atoms with van der Waals surface area (Å²) in [6.07, 6.45) is 0.982. The molecule has 12 heavy (non-hydrogen) atoms. The van der Waals surface area contributed by atoms with Gasteiger partial charge in [-0.3, -0.25) is 0 Å². The third kappa shape index (κ3) is 2.35. The Bertz CT molecular complexity index is 312. The molecule has 1 aromatic rings. The van der Waals surface area contributed by atoms with E-state index in [0.717, 1.165) is 22.9 Å². The maximum atomic E-state index is 8.69. The zero-order valence-corrected chi connectivity index (χ0v) is 8.56. The molecule has 0 N–H and O–H groups in total. The molecule has 0 saturated carbocycles. The van der Waals surface area contributed by atoms with Gasteiger partial charge in [0.2, 0.25) is 0 Å². The van der Waals surface area contributed by atoms with Crippen LogP contribution in [-0.2, 0) is 6.42 Å². The molecule has 0 aliphatic carbocycles. The first-order chi connectivity index (χ1) is 5.76. The fourth-order valence-corrected chi connectivity index (χ4v) is 1.64. The number of hydrogen-bond acceptors (Lipinski definition) is 1. The summed E-state index contributed by atoms with van der Waals surface area (Å²) in [7, 11) is 0. The molecule has 0 aliphatic heterocycles. The van der Waals surface area contributed by atoms with Gasteiger partial charge in [0.25, 0.3) is 0 Å². The Hall–Kier alpha value is -0.810. The smallest absolute Gasteiger partial charge is 0.0991 e. The van der Waals surface area contributed by atoms with Crippen LogP contribution in [0.4, 0.5) is 0 Å². The van der Waals surface area contributed by atoms with Crippen molar-refractivity contribution in [1.82, 2.24) is 0 Å². The molecular formula is C10H10BrN. The summed E-state index contributed by atoms with van der Waals surface area (Å²) in [4.78, 5) is 0. The fraction of sp³-hybridized carbons (Fsp3) is 0.300. The Balaban J connectivity index is 3.00. The van der Waals surface area contributed by atoms with Crippen LogP contribution < -0.4 is 0 Å². The number of nitrogens with zero attached hydrogens (tertiary/aromatic N) is 1. The predicted molar refractivity (Wildman–Crippen MR) is 53.4 cm³/mol. The maximum absolute atomic E-state index is 8.69. The lowest BCUT2D eigenvalue weighted by atomic mass is 10.1. The Labute approximate surface area is 81.2 Å². The summed E-state index contributed by atoms with van der Waals surface area (Å²) in [5, 5.41) is 9.64. The van der Waals surface area contributed by atoms with Gasteiger partial charge in [0, 0.05) is 5.33 Å². The monoisotopic (exact) mass is 223 g/mol. The average Bonchev–Trinajstić information content (AvgIpc) is 2.04. The highest BCUT2D eigenvalue weighted by Gasteiger charge is 1.96. The third-order valence-electron chi connectivity index (χ3n) is 1.65. The number of rotatable bonds is 2. The van der Waals surface area contributed by atoms with Crippen LogP contribution in [0.1, 0.15) is 16.7 Å². The highest BCUT2D eigenvalue weighted by molar-refractivity contribution is 9.09. The van der Waals surface area contributed by atoms with Crippen molar-refractivity contribution in [3.05, 3.63) is 34.9 Å². The molecule has 0 radical (unpaired) electrons. The fourth-order valence-electron chi connectivity index (χ4n) is 1.18. The molecule has 0 unspecified atom stereocenters. The molecular weight excluding hydrogens is 214 g/mol. The molecule has 0 aliphatic rings. The van der Waals surface area contributed by atoms with Crippen molar-refractivity contribution in [2.75, 3.05) is 5.33 Å². The van der Waals surface area contributed by atoms with Gasteiger partial charge in [0.15, 0.2) is 0 Å². The van der Waals surface area contributed by atoms with E-state index in [1.807, 2.05) is 19.1 Å². The highest BCUT2D eigenvalue weighted by Crippen LogP contribution is 2.10. The minimum absolute atomic E-state index is 0.756. The molecule has 62 valence electrons. The van der Waals surface area contributed by atoms with E-state index in [2.05, 4.69) is 28.1 Å². The van der Waals surface area contributed by atoms with Crippen molar-refractivity contribution in [1.29, 1.82) is 5.26 Å². The van der Waals surface area contributed by atoms with E-state index in [4.69, 9.17) is 5.26 Å². The minimum atomic E-state index is 0.756. The summed E-state index contributed by atoms with van der Waals surface area (Å²) in [6, 6.07) is 8.10. The van der Waals surface area contributed by atoms with Crippen molar-refractivity contribution in [2.24, 2.45) is 0 Å². The van der Waals surface area contributed by atoms with E-state index in [9.17, 15) is 0 Å². The summed E-state index contributed by atoms with van der Waals surface area (Å²) < 4.78 is 0. The topological polar surface area (TPSA) is 23.8 Å². The zero-order chi connectivity index (χ0) is 8.97. The first-order valence-corrected chi connectivity index (χ1v) is 4.95. The van der Waals surface area contributed by atoms with Gasteiger partial charge >= 0.3 is 0 Å². The largest absolute Gasteiger partial charge is 0.192 e. The third-order valence-corrected chi connectivity index (χ3v) is 2.05. The standard InChI is InChI=1S/C10H10BrN/c1-8-4-9(2-3-11)6-10(5-8)7-12/h4-6H,2-3H2,1H3. The quantitative estimate of drug-likeness (QED) is 0.708. The Kier molecular flexibility index (Phi) is 3.31. The van der Waals surface area contributed by atoms with E-state index in [-0.39, 0.29) is 0 Å². The minimum Gasteiger partial charge on any atom is -0.192 e. The highest BCUT2D eigenvalue weighted by atomic mass is 79.9. The van der Waals surface area contributed by atoms with Crippen LogP contribution in [0.3, 0.4) is 0 Å². The molecule has 0 amide bonds. The molecule has 0 spiro atoms. The van der Waals surface area contributed by atoms with E-state index in [0.29, 0.717) is 0 Å². The lowest BCUT2D eigenvalue weighted by Gasteiger charge is -2.00. The second-order valence-corrected chi connectivity index (χ2v) is 3.55. The Morgan fingerprint density at radius 1 is 1.42 bits per heavy atom. The van der Waals surface area contributed by atoms with Crippen molar-refractivity contribution in [3.8, 4) is 6.07 Å². The lowest BCUT2D eigenvalue weighted by molar-refractivity contribution is 1.15. The first kappa shape index (κ1) is 9.28. The number of alkyl halides is 1. The van der Waals surface area contributed by atoms with Gasteiger partial charge in [-0.25, -0.2) is 0 Å². The second kappa shape index (κ2) is 4.27. The summed E-state index contributed by atoms with van der Waals surface area (Å²) in [5.74, 6) is 0. The number of benzene rings is 1. The van der Waals surface area contributed by atoms with Gasteiger partial charge < -0.3 is 0 Å². The lowest BCUT2D eigenvalue weighted by Crippen LogP contribution is -1.88. The van der Waals surface area contributed by atoms with Gasteiger partial charge in [-0.05, 0) is 36.6 Å². The normalized spacial score (nSPS) is 9.42. The molecule has 1 nitrogen and oxygen atoms in total. The van der Waals surface area contributed by atoms with Crippen LogP contribution in [0.15, 0.2) is 18.2 Å². The van der Waals surface area contributed by atoms with Crippen molar-refractivity contribution in [3.63, 3.8) is 0 Å². The summed E-state index contributed by atoms with van der Waals surface area (Å²) >= 11 is 3.37. The zero-order valence-electron chi connectivity index (χ0n) is 6.97. The second-order valence-electron chi connectivity index (χ2n) is 2.76. The molecule has 1 aromatic carbocycles. The van der Waals surface area contributed by atoms with Crippen LogP contribution in [0.2, 0.25) is 0 Å². The van der Waals surface area contributed by atoms with Crippen molar-refractivity contribution >= 4 is 15.9 Å². The van der Waals surface area contributed by atoms with Crippen LogP contribution >= 0.6 is 15.9 Å². The molecule has 0 fully saturated rings. The van der Waals surface area contributed by atoms with E-state index in [1.54, 1.807) is 0 Å². The maximum Gasteiger partial charge on any atom is 0.0991 e. The molecule has 0 aromatic heterocycles. The molecule has 0 saturated heterocycles. The predicted octanol–water partition coefficient (Wildman–Crippen LogP) is 2.80. The number of nitriles is 1. The number of aryl methyl sites for hydroxylation is 2. The SMILES string of the molecule is Cc1cc(C#N)cc(CCBr)c1. The van der Waals surface area contributed by atoms with Gasteiger partial charge in [0.1, 0.15) is 0 Å². The van der Waals surface area contributed by atoms with E-state index >= 15 is 0 Å². The average molecular weight is 224 g/mol. The Morgan fingerprint density at radius 3 is 2.75 bits per heavy atom. The Morgan fingerprint density at radius 2 is 2.17 bits per heavy atom. The molecule has 0 bridgehead atoms.